The molecule has 1 aliphatic heterocycles. The van der Waals surface area contributed by atoms with Gasteiger partial charge in [0, 0.05) is 5.92 Å². The summed E-state index contributed by atoms with van der Waals surface area (Å²) in [5, 5.41) is 40.8. The van der Waals surface area contributed by atoms with Crippen LogP contribution in [0.2, 0.25) is 0 Å². The molecule has 1 heterocycles. The van der Waals surface area contributed by atoms with Crippen molar-refractivity contribution in [3.05, 3.63) is 0 Å². The fraction of sp³-hybridized carbons (Fsp3) is 0.929. The summed E-state index contributed by atoms with van der Waals surface area (Å²) in [6.07, 6.45) is 1.18. The molecule has 0 bridgehead atoms. The van der Waals surface area contributed by atoms with Gasteiger partial charge >= 0.3 is 5.97 Å². The van der Waals surface area contributed by atoms with Crippen molar-refractivity contribution >= 4 is 11.8 Å². The number of hydrogen-bond donors (Lipinski definition) is 4. The SMILES string of the molecule is COC(=O)[C@H]1O[C@H](OCC(=O)[C@H]2CC[C@H]3[C@@H]4CC[C@H]5C[C@H](O)CC[C@]5(C)[C@H]4CC[C@]23C)[C@@H](O)[C@H](O)[C@H]1O. The lowest BCUT2D eigenvalue weighted by Gasteiger charge is -2.60. The molecule has 0 unspecified atom stereocenters. The Bertz CT molecular complexity index is 880. The summed E-state index contributed by atoms with van der Waals surface area (Å²) in [6.45, 7) is 4.43. The molecule has 4 N–H and O–H groups in total. The molecule has 13 atom stereocenters. The van der Waals surface area contributed by atoms with Gasteiger partial charge in [-0.2, -0.15) is 0 Å². The van der Waals surface area contributed by atoms with Crippen molar-refractivity contribution < 1.29 is 44.2 Å². The number of carbonyl (C=O) groups excluding carboxylic acids is 2. The highest BCUT2D eigenvalue weighted by Crippen LogP contribution is 2.67. The number of ether oxygens (including phenoxy) is 3. The molecule has 5 aliphatic rings. The second kappa shape index (κ2) is 10.1. The minimum atomic E-state index is -1.67. The van der Waals surface area contributed by atoms with Crippen LogP contribution in [0.3, 0.4) is 0 Å². The van der Waals surface area contributed by atoms with Crippen molar-refractivity contribution in [3.63, 3.8) is 0 Å². The molecule has 9 heteroatoms. The first kappa shape index (κ1) is 27.5. The molecule has 4 saturated carbocycles. The normalized spacial score (nSPS) is 51.5. The van der Waals surface area contributed by atoms with Crippen molar-refractivity contribution in [3.8, 4) is 0 Å². The van der Waals surface area contributed by atoms with Gasteiger partial charge < -0.3 is 34.6 Å². The van der Waals surface area contributed by atoms with E-state index in [4.69, 9.17) is 9.47 Å². The van der Waals surface area contributed by atoms with Crippen LogP contribution >= 0.6 is 0 Å². The summed E-state index contributed by atoms with van der Waals surface area (Å²) in [5.74, 6) is 1.25. The first-order valence-electron chi connectivity index (χ1n) is 14.1. The lowest BCUT2D eigenvalue weighted by molar-refractivity contribution is -0.293. The molecule has 9 nitrogen and oxygen atoms in total. The molecular formula is C28H44O9. The number of carbonyl (C=O) groups is 2. The standard InChI is InChI=1S/C28H44O9/c1-27-10-8-15(29)12-14(27)4-5-16-17-6-7-19(28(17,2)11-9-18(16)27)20(30)13-36-26-23(33)21(31)22(32)24(37-26)25(34)35-3/h14-19,21-24,26,29,31-33H,4-13H2,1-3H3/t14-,15+,16-,17-,18-,19+,21+,22+,23-,24-,26-,27-,28-/m0/s1. The molecule has 210 valence electrons. The smallest absolute Gasteiger partial charge is 0.337 e. The minimum absolute atomic E-state index is 0.0461. The van der Waals surface area contributed by atoms with E-state index >= 15 is 0 Å². The predicted molar refractivity (Wildman–Crippen MR) is 131 cm³/mol. The predicted octanol–water partition coefficient (Wildman–Crippen LogP) is 1.57. The Labute approximate surface area is 218 Å². The zero-order chi connectivity index (χ0) is 26.7. The molecule has 0 aromatic carbocycles. The maximum absolute atomic E-state index is 13.5. The van der Waals surface area contributed by atoms with E-state index in [1.807, 2.05) is 0 Å². The number of Topliss-reactive ketones (excluding diaryl/α,β-unsaturated/α-hetero) is 1. The highest BCUT2D eigenvalue weighted by Gasteiger charge is 2.61. The average Bonchev–Trinajstić information content (AvgIpc) is 3.24. The molecule has 0 radical (unpaired) electrons. The van der Waals surface area contributed by atoms with Gasteiger partial charge in [-0.05, 0) is 92.3 Å². The van der Waals surface area contributed by atoms with Crippen LogP contribution in [0, 0.1) is 40.4 Å². The van der Waals surface area contributed by atoms with Crippen LogP contribution in [-0.4, -0.2) is 82.7 Å². The monoisotopic (exact) mass is 524 g/mol. The van der Waals surface area contributed by atoms with Crippen molar-refractivity contribution in [2.75, 3.05) is 13.7 Å². The summed E-state index contributed by atoms with van der Waals surface area (Å²) in [6, 6.07) is 0. The Morgan fingerprint density at radius 1 is 0.865 bits per heavy atom. The van der Waals surface area contributed by atoms with Crippen LogP contribution in [0.25, 0.3) is 0 Å². The van der Waals surface area contributed by atoms with Crippen LogP contribution < -0.4 is 0 Å². The van der Waals surface area contributed by atoms with Gasteiger partial charge in [-0.25, -0.2) is 4.79 Å². The number of methoxy groups -OCH3 is 1. The molecule has 0 amide bonds. The van der Waals surface area contributed by atoms with Gasteiger partial charge in [-0.1, -0.05) is 13.8 Å². The summed E-state index contributed by atoms with van der Waals surface area (Å²) < 4.78 is 15.6. The minimum Gasteiger partial charge on any atom is -0.467 e. The molecule has 5 fully saturated rings. The third-order valence-corrected chi connectivity index (χ3v) is 11.4. The fourth-order valence-electron chi connectivity index (χ4n) is 9.33. The fourth-order valence-corrected chi connectivity index (χ4v) is 9.33. The lowest BCUT2D eigenvalue weighted by atomic mass is 9.44. The number of aliphatic hydroxyl groups excluding tert-OH is 4. The number of rotatable bonds is 5. The summed E-state index contributed by atoms with van der Waals surface area (Å²) in [4.78, 5) is 25.4. The number of aliphatic hydroxyl groups is 4. The first-order chi connectivity index (χ1) is 17.5. The Morgan fingerprint density at radius 3 is 2.30 bits per heavy atom. The number of hydrogen-bond acceptors (Lipinski definition) is 9. The Balaban J connectivity index is 1.24. The molecule has 0 spiro atoms. The van der Waals surface area contributed by atoms with Crippen LogP contribution in [0.1, 0.15) is 71.6 Å². The van der Waals surface area contributed by atoms with Gasteiger partial charge in [0.1, 0.15) is 24.9 Å². The number of esters is 1. The summed E-state index contributed by atoms with van der Waals surface area (Å²) in [5.41, 5.74) is 0.181. The third kappa shape index (κ3) is 4.47. The van der Waals surface area contributed by atoms with Crippen LogP contribution in [0.4, 0.5) is 0 Å². The van der Waals surface area contributed by atoms with E-state index in [9.17, 15) is 30.0 Å². The highest BCUT2D eigenvalue weighted by atomic mass is 16.7. The van der Waals surface area contributed by atoms with Crippen LogP contribution in [0.5, 0.6) is 0 Å². The number of ketones is 1. The van der Waals surface area contributed by atoms with E-state index in [1.54, 1.807) is 0 Å². The molecule has 1 saturated heterocycles. The maximum Gasteiger partial charge on any atom is 0.337 e. The Morgan fingerprint density at radius 2 is 1.57 bits per heavy atom. The van der Waals surface area contributed by atoms with Crippen molar-refractivity contribution in [2.24, 2.45) is 40.4 Å². The summed E-state index contributed by atoms with van der Waals surface area (Å²) >= 11 is 0. The third-order valence-electron chi connectivity index (χ3n) is 11.4. The molecular weight excluding hydrogens is 480 g/mol. The van der Waals surface area contributed by atoms with E-state index < -0.39 is 36.7 Å². The molecule has 4 aliphatic carbocycles. The topological polar surface area (TPSA) is 143 Å². The van der Waals surface area contributed by atoms with E-state index in [1.165, 1.54) is 6.42 Å². The van der Waals surface area contributed by atoms with Gasteiger partial charge in [-0.3, -0.25) is 4.79 Å². The van der Waals surface area contributed by atoms with E-state index in [2.05, 4.69) is 18.6 Å². The van der Waals surface area contributed by atoms with Crippen LogP contribution in [-0.2, 0) is 23.8 Å². The van der Waals surface area contributed by atoms with E-state index in [-0.39, 0.29) is 35.2 Å². The van der Waals surface area contributed by atoms with Gasteiger partial charge in [0.15, 0.2) is 18.2 Å². The van der Waals surface area contributed by atoms with Gasteiger partial charge in [0.25, 0.3) is 0 Å². The first-order valence-corrected chi connectivity index (χ1v) is 14.1. The van der Waals surface area contributed by atoms with Crippen molar-refractivity contribution in [2.45, 2.75) is 108 Å². The Kier molecular flexibility index (Phi) is 7.53. The molecule has 37 heavy (non-hydrogen) atoms. The zero-order valence-electron chi connectivity index (χ0n) is 22.3. The van der Waals surface area contributed by atoms with E-state index in [0.717, 1.165) is 58.5 Å². The molecule has 0 aromatic heterocycles. The number of fused-ring (bicyclic) bond motifs is 5. The average molecular weight is 525 g/mol. The largest absolute Gasteiger partial charge is 0.467 e. The summed E-state index contributed by atoms with van der Waals surface area (Å²) in [7, 11) is 1.13. The van der Waals surface area contributed by atoms with Gasteiger partial charge in [0.2, 0.25) is 0 Å². The molecule has 5 rings (SSSR count). The second-order valence-corrected chi connectivity index (χ2v) is 13.0. The molecule has 0 aromatic rings. The second-order valence-electron chi connectivity index (χ2n) is 13.0. The van der Waals surface area contributed by atoms with E-state index in [0.29, 0.717) is 23.7 Å². The van der Waals surface area contributed by atoms with Gasteiger partial charge in [0.05, 0.1) is 13.2 Å². The Hall–Kier alpha value is -1.10. The van der Waals surface area contributed by atoms with Crippen LogP contribution in [0.15, 0.2) is 0 Å². The van der Waals surface area contributed by atoms with Crippen molar-refractivity contribution in [1.82, 2.24) is 0 Å². The maximum atomic E-state index is 13.5. The van der Waals surface area contributed by atoms with Gasteiger partial charge in [-0.15, -0.1) is 0 Å². The zero-order valence-corrected chi connectivity index (χ0v) is 22.3. The quantitative estimate of drug-likeness (QED) is 0.394. The van der Waals surface area contributed by atoms with Crippen molar-refractivity contribution in [1.29, 1.82) is 0 Å². The highest BCUT2D eigenvalue weighted by molar-refractivity contribution is 5.83. The lowest BCUT2D eigenvalue weighted by Crippen LogP contribution is -2.60.